The van der Waals surface area contributed by atoms with Gasteiger partial charge in [0.2, 0.25) is 0 Å². The summed E-state index contributed by atoms with van der Waals surface area (Å²) in [7, 11) is 1.65. The summed E-state index contributed by atoms with van der Waals surface area (Å²) in [6.45, 7) is 0. The molecule has 2 heterocycles. The van der Waals surface area contributed by atoms with E-state index in [1.54, 1.807) is 13.1 Å². The van der Waals surface area contributed by atoms with Crippen molar-refractivity contribution in [3.63, 3.8) is 0 Å². The topological polar surface area (TPSA) is 69.6 Å². The first-order valence-electron chi connectivity index (χ1n) is 6.13. The van der Waals surface area contributed by atoms with Crippen molar-refractivity contribution in [2.45, 2.75) is 0 Å². The lowest BCUT2D eigenvalue weighted by molar-refractivity contribution is 0.585. The molecule has 0 unspecified atom stereocenters. The van der Waals surface area contributed by atoms with Crippen LogP contribution in [0.4, 0.5) is 14.6 Å². The molecule has 0 amide bonds. The lowest BCUT2D eigenvalue weighted by Crippen LogP contribution is -1.98. The summed E-state index contributed by atoms with van der Waals surface area (Å²) in [5.41, 5.74) is 7.70. The molecule has 2 aromatic heterocycles. The fraction of sp³-hybridized carbons (Fsp3) is 0.0714. The predicted molar refractivity (Wildman–Crippen MR) is 74.0 cm³/mol. The number of aromatic nitrogens is 4. The molecule has 3 rings (SSSR count). The molecule has 0 aliphatic heterocycles. The minimum Gasteiger partial charge on any atom is -0.383 e. The van der Waals surface area contributed by atoms with E-state index in [1.165, 1.54) is 29.2 Å². The van der Waals surface area contributed by atoms with Crippen LogP contribution in [0.15, 0.2) is 36.7 Å². The Bertz CT molecular complexity index is 799. The molecule has 21 heavy (non-hydrogen) atoms. The number of nitrogen functional groups attached to an aromatic ring is 1. The van der Waals surface area contributed by atoms with Gasteiger partial charge in [-0.3, -0.25) is 4.68 Å². The number of hydrogen-bond acceptors (Lipinski definition) is 4. The Morgan fingerprint density at radius 1 is 1.14 bits per heavy atom. The van der Waals surface area contributed by atoms with E-state index in [9.17, 15) is 8.78 Å². The van der Waals surface area contributed by atoms with Crippen LogP contribution < -0.4 is 5.73 Å². The van der Waals surface area contributed by atoms with E-state index in [4.69, 9.17) is 5.73 Å². The first-order valence-corrected chi connectivity index (χ1v) is 6.13. The predicted octanol–water partition coefficient (Wildman–Crippen LogP) is 2.40. The van der Waals surface area contributed by atoms with Gasteiger partial charge in [-0.25, -0.2) is 8.78 Å². The largest absolute Gasteiger partial charge is 0.383 e. The van der Waals surface area contributed by atoms with Gasteiger partial charge in [0.05, 0.1) is 18.0 Å². The van der Waals surface area contributed by atoms with Crippen molar-refractivity contribution in [3.8, 4) is 22.4 Å². The summed E-state index contributed by atoms with van der Waals surface area (Å²) < 4.78 is 28.6. The van der Waals surface area contributed by atoms with E-state index in [1.807, 2.05) is 0 Å². The fourth-order valence-electron chi connectivity index (χ4n) is 2.13. The number of rotatable bonds is 2. The van der Waals surface area contributed by atoms with E-state index in [-0.39, 0.29) is 11.4 Å². The Kier molecular flexibility index (Phi) is 3.09. The van der Waals surface area contributed by atoms with Gasteiger partial charge in [0.25, 0.3) is 0 Å². The van der Waals surface area contributed by atoms with Crippen molar-refractivity contribution in [2.75, 3.05) is 5.73 Å². The van der Waals surface area contributed by atoms with Crippen LogP contribution in [0.2, 0.25) is 0 Å². The summed E-state index contributed by atoms with van der Waals surface area (Å²) in [6, 6.07) is 5.03. The summed E-state index contributed by atoms with van der Waals surface area (Å²) in [5.74, 6) is -1.06. The number of nitrogens with zero attached hydrogens (tertiary/aromatic N) is 4. The molecular weight excluding hydrogens is 276 g/mol. The molecule has 0 bridgehead atoms. The van der Waals surface area contributed by atoms with Gasteiger partial charge in [-0.1, -0.05) is 0 Å². The van der Waals surface area contributed by atoms with Crippen molar-refractivity contribution in [1.29, 1.82) is 0 Å². The van der Waals surface area contributed by atoms with Crippen molar-refractivity contribution in [3.05, 3.63) is 48.3 Å². The third kappa shape index (κ3) is 2.22. The molecule has 0 aliphatic carbocycles. The Morgan fingerprint density at radius 3 is 2.62 bits per heavy atom. The summed E-state index contributed by atoms with van der Waals surface area (Å²) in [6.07, 6.45) is 3.01. The molecule has 0 fully saturated rings. The summed E-state index contributed by atoms with van der Waals surface area (Å²) >= 11 is 0. The van der Waals surface area contributed by atoms with Crippen molar-refractivity contribution in [2.24, 2.45) is 7.05 Å². The zero-order valence-corrected chi connectivity index (χ0v) is 11.1. The highest BCUT2D eigenvalue weighted by Gasteiger charge is 2.20. The smallest absolute Gasteiger partial charge is 0.134 e. The first-order chi connectivity index (χ1) is 10.1. The van der Waals surface area contributed by atoms with E-state index in [0.29, 0.717) is 16.8 Å². The number of hydrogen-bond donors (Lipinski definition) is 1. The van der Waals surface area contributed by atoms with Gasteiger partial charge < -0.3 is 5.73 Å². The molecule has 3 aromatic rings. The molecule has 0 saturated carbocycles. The van der Waals surface area contributed by atoms with E-state index < -0.39 is 11.6 Å². The lowest BCUT2D eigenvalue weighted by Gasteiger charge is -2.05. The Hall–Kier alpha value is -2.83. The van der Waals surface area contributed by atoms with Crippen molar-refractivity contribution >= 4 is 5.82 Å². The van der Waals surface area contributed by atoms with Gasteiger partial charge >= 0.3 is 0 Å². The number of nitrogens with two attached hydrogens (primary N) is 1. The number of anilines is 1. The molecule has 7 heteroatoms. The third-order valence-corrected chi connectivity index (χ3v) is 3.15. The minimum absolute atomic E-state index is 0.189. The average molecular weight is 287 g/mol. The minimum atomic E-state index is -0.696. The molecule has 0 saturated heterocycles. The summed E-state index contributed by atoms with van der Waals surface area (Å²) in [5, 5.41) is 11.8. The standard InChI is InChI=1S/C14H11F2N5/c1-21-14(17)12(10-3-2-9(15)6-11(10)16)13(20-21)8-4-5-18-19-7-8/h2-7H,17H2,1H3. The van der Waals surface area contributed by atoms with Crippen LogP contribution in [0.25, 0.3) is 22.4 Å². The quantitative estimate of drug-likeness (QED) is 0.785. The second-order valence-electron chi connectivity index (χ2n) is 4.49. The van der Waals surface area contributed by atoms with Gasteiger partial charge in [0.1, 0.15) is 23.1 Å². The van der Waals surface area contributed by atoms with Crippen LogP contribution in [-0.4, -0.2) is 20.0 Å². The number of halogens is 2. The third-order valence-electron chi connectivity index (χ3n) is 3.15. The Labute approximate surface area is 119 Å². The van der Waals surface area contributed by atoms with Crippen LogP contribution in [-0.2, 0) is 7.05 Å². The van der Waals surface area contributed by atoms with E-state index >= 15 is 0 Å². The molecule has 0 radical (unpaired) electrons. The van der Waals surface area contributed by atoms with Crippen LogP contribution in [0.1, 0.15) is 0 Å². The van der Waals surface area contributed by atoms with Gasteiger partial charge in [-0.2, -0.15) is 15.3 Å². The van der Waals surface area contributed by atoms with E-state index in [2.05, 4.69) is 15.3 Å². The number of aryl methyl sites for hydroxylation is 1. The summed E-state index contributed by atoms with van der Waals surface area (Å²) in [4.78, 5) is 0. The second kappa shape index (κ2) is 4.93. The zero-order chi connectivity index (χ0) is 15.0. The van der Waals surface area contributed by atoms with Gasteiger partial charge in [-0.05, 0) is 18.2 Å². The van der Waals surface area contributed by atoms with Gasteiger partial charge in [-0.15, -0.1) is 0 Å². The molecule has 1 aromatic carbocycles. The Balaban J connectivity index is 2.27. The zero-order valence-electron chi connectivity index (χ0n) is 11.1. The second-order valence-corrected chi connectivity index (χ2v) is 4.49. The normalized spacial score (nSPS) is 10.8. The molecule has 0 atom stereocenters. The molecular formula is C14H11F2N5. The van der Waals surface area contributed by atoms with Crippen LogP contribution in [0.5, 0.6) is 0 Å². The lowest BCUT2D eigenvalue weighted by atomic mass is 10.0. The van der Waals surface area contributed by atoms with Crippen LogP contribution in [0, 0.1) is 11.6 Å². The fourth-order valence-corrected chi connectivity index (χ4v) is 2.13. The van der Waals surface area contributed by atoms with Crippen LogP contribution >= 0.6 is 0 Å². The van der Waals surface area contributed by atoms with Crippen molar-refractivity contribution < 1.29 is 8.78 Å². The number of benzene rings is 1. The maximum absolute atomic E-state index is 14.1. The van der Waals surface area contributed by atoms with Gasteiger partial charge in [0.15, 0.2) is 0 Å². The molecule has 106 valence electrons. The van der Waals surface area contributed by atoms with Crippen LogP contribution in [0.3, 0.4) is 0 Å². The average Bonchev–Trinajstić information content (AvgIpc) is 2.76. The van der Waals surface area contributed by atoms with E-state index in [0.717, 1.165) is 6.07 Å². The first kappa shape index (κ1) is 13.2. The highest BCUT2D eigenvalue weighted by Crippen LogP contribution is 2.36. The van der Waals surface area contributed by atoms with Gasteiger partial charge in [0, 0.05) is 24.2 Å². The maximum atomic E-state index is 14.1. The maximum Gasteiger partial charge on any atom is 0.134 e. The molecule has 0 spiro atoms. The monoisotopic (exact) mass is 287 g/mol. The van der Waals surface area contributed by atoms with Crippen molar-refractivity contribution in [1.82, 2.24) is 20.0 Å². The highest BCUT2D eigenvalue weighted by atomic mass is 19.1. The highest BCUT2D eigenvalue weighted by molar-refractivity contribution is 5.88. The molecule has 0 aliphatic rings. The SMILES string of the molecule is Cn1nc(-c2ccnnc2)c(-c2ccc(F)cc2F)c1N. The molecule has 2 N–H and O–H groups in total. The molecule has 5 nitrogen and oxygen atoms in total. The Morgan fingerprint density at radius 2 is 1.95 bits per heavy atom.